The Labute approximate surface area is 348 Å². The molecule has 2 aromatic heterocycles. The third kappa shape index (κ3) is 8.76. The number of amides is 4. The highest BCUT2D eigenvalue weighted by atomic mass is 16.2. The fraction of sp³-hybridized carbons (Fsp3) is 0.250. The smallest absolute Gasteiger partial charge is 0.250 e. The van der Waals surface area contributed by atoms with Crippen LogP contribution in [0.3, 0.4) is 0 Å². The van der Waals surface area contributed by atoms with Crippen LogP contribution < -0.4 is 10.6 Å². The molecule has 12 heteroatoms. The maximum absolute atomic E-state index is 13.8. The van der Waals surface area contributed by atoms with Gasteiger partial charge in [0.15, 0.2) is 0 Å². The molecule has 4 aromatic carbocycles. The lowest BCUT2D eigenvalue weighted by atomic mass is 10.0. The summed E-state index contributed by atoms with van der Waals surface area (Å²) in [7, 11) is 0. The highest BCUT2D eigenvalue weighted by Gasteiger charge is 2.38. The number of aromatic amines is 2. The van der Waals surface area contributed by atoms with Crippen LogP contribution in [0.15, 0.2) is 122 Å². The number of hydrogen-bond acceptors (Lipinski definition) is 6. The van der Waals surface area contributed by atoms with Crippen LogP contribution in [0, 0.1) is 11.8 Å². The molecule has 0 aliphatic carbocycles. The van der Waals surface area contributed by atoms with E-state index in [2.05, 4.69) is 42.4 Å². The first-order valence-corrected chi connectivity index (χ1v) is 20.3. The molecular formula is C48H46N8O4. The SMILES string of the molecule is CC(=O)N[C@@H](C(=O)N1CCCC1c1ncc(-c2ccc(C#Cc3ccc(-c4cnc(C5CCCN5C(=O)[C@H](NC(C)=O)c5ccccc5)[nH]4)cc3)cc2)[nH]1)c1ccccc1. The molecule has 302 valence electrons. The summed E-state index contributed by atoms with van der Waals surface area (Å²) in [4.78, 5) is 71.6. The Morgan fingerprint density at radius 2 is 0.967 bits per heavy atom. The van der Waals surface area contributed by atoms with Gasteiger partial charge < -0.3 is 30.4 Å². The summed E-state index contributed by atoms with van der Waals surface area (Å²) in [5.41, 5.74) is 6.81. The molecule has 2 unspecified atom stereocenters. The van der Waals surface area contributed by atoms with Crippen LogP contribution >= 0.6 is 0 Å². The van der Waals surface area contributed by atoms with Crippen molar-refractivity contribution in [3.63, 3.8) is 0 Å². The van der Waals surface area contributed by atoms with Crippen LogP contribution in [-0.2, 0) is 19.2 Å². The Morgan fingerprint density at radius 1 is 0.583 bits per heavy atom. The minimum absolute atomic E-state index is 0.149. The van der Waals surface area contributed by atoms with E-state index in [1.165, 1.54) is 13.8 Å². The molecule has 60 heavy (non-hydrogen) atoms. The van der Waals surface area contributed by atoms with Crippen LogP contribution in [0.2, 0.25) is 0 Å². The molecule has 4 N–H and O–H groups in total. The second-order valence-electron chi connectivity index (χ2n) is 15.2. The number of H-pyrrole nitrogens is 2. The van der Waals surface area contributed by atoms with Gasteiger partial charge in [-0.3, -0.25) is 19.2 Å². The number of aromatic nitrogens is 4. The van der Waals surface area contributed by atoms with Gasteiger partial charge in [-0.2, -0.15) is 0 Å². The summed E-state index contributed by atoms with van der Waals surface area (Å²) < 4.78 is 0. The third-order valence-corrected chi connectivity index (χ3v) is 11.1. The van der Waals surface area contributed by atoms with Crippen LogP contribution in [0.1, 0.15) is 97.6 Å². The van der Waals surface area contributed by atoms with E-state index >= 15 is 0 Å². The Morgan fingerprint density at radius 3 is 1.33 bits per heavy atom. The van der Waals surface area contributed by atoms with Gasteiger partial charge >= 0.3 is 0 Å². The van der Waals surface area contributed by atoms with Gasteiger partial charge in [0.2, 0.25) is 23.6 Å². The van der Waals surface area contributed by atoms with Crippen LogP contribution in [0.4, 0.5) is 0 Å². The Hall–Kier alpha value is -7.26. The highest BCUT2D eigenvalue weighted by Crippen LogP contribution is 2.35. The topological polar surface area (TPSA) is 156 Å². The van der Waals surface area contributed by atoms with Gasteiger partial charge in [-0.15, -0.1) is 0 Å². The second-order valence-corrected chi connectivity index (χ2v) is 15.2. The molecule has 4 amide bonds. The summed E-state index contributed by atoms with van der Waals surface area (Å²) >= 11 is 0. The number of carbonyl (C=O) groups excluding carboxylic acids is 4. The molecule has 4 heterocycles. The van der Waals surface area contributed by atoms with Crippen LogP contribution in [-0.4, -0.2) is 66.5 Å². The summed E-state index contributed by atoms with van der Waals surface area (Å²) in [6, 6.07) is 32.6. The van der Waals surface area contributed by atoms with Gasteiger partial charge in [0.25, 0.3) is 0 Å². The van der Waals surface area contributed by atoms with Gasteiger partial charge in [-0.1, -0.05) is 96.8 Å². The molecule has 2 fully saturated rings. The van der Waals surface area contributed by atoms with E-state index in [9.17, 15) is 19.2 Å². The van der Waals surface area contributed by atoms with E-state index in [0.29, 0.717) is 13.1 Å². The fourth-order valence-corrected chi connectivity index (χ4v) is 8.15. The predicted octanol–water partition coefficient (Wildman–Crippen LogP) is 6.95. The number of likely N-dealkylation sites (tertiary alicyclic amines) is 2. The van der Waals surface area contributed by atoms with E-state index in [1.54, 1.807) is 12.4 Å². The molecule has 0 bridgehead atoms. The molecule has 0 radical (unpaired) electrons. The molecule has 0 saturated carbocycles. The van der Waals surface area contributed by atoms with Crippen molar-refractivity contribution in [2.45, 2.75) is 63.7 Å². The minimum atomic E-state index is -0.763. The van der Waals surface area contributed by atoms with Crippen molar-refractivity contribution in [3.8, 4) is 34.4 Å². The summed E-state index contributed by atoms with van der Waals surface area (Å²) in [5, 5.41) is 5.68. The number of carbonyl (C=O) groups is 4. The minimum Gasteiger partial charge on any atom is -0.341 e. The summed E-state index contributed by atoms with van der Waals surface area (Å²) in [6.07, 6.45) is 6.83. The third-order valence-electron chi connectivity index (χ3n) is 11.1. The van der Waals surface area contributed by atoms with Crippen molar-refractivity contribution < 1.29 is 19.2 Å². The first kappa shape index (κ1) is 39.6. The van der Waals surface area contributed by atoms with E-state index in [1.807, 2.05) is 119 Å². The lowest BCUT2D eigenvalue weighted by Gasteiger charge is -2.28. The van der Waals surface area contributed by atoms with E-state index in [0.717, 1.165) is 82.1 Å². The van der Waals surface area contributed by atoms with Gasteiger partial charge in [0.05, 0.1) is 35.9 Å². The number of hydrogen-bond donors (Lipinski definition) is 4. The van der Waals surface area contributed by atoms with Crippen molar-refractivity contribution >= 4 is 23.6 Å². The van der Waals surface area contributed by atoms with Crippen LogP contribution in [0.25, 0.3) is 22.5 Å². The summed E-state index contributed by atoms with van der Waals surface area (Å²) in [5.74, 6) is 7.14. The van der Waals surface area contributed by atoms with Crippen molar-refractivity contribution in [2.24, 2.45) is 0 Å². The molecule has 4 atom stereocenters. The number of nitrogens with one attached hydrogen (secondary N) is 4. The van der Waals surface area contributed by atoms with Crippen LogP contribution in [0.5, 0.6) is 0 Å². The van der Waals surface area contributed by atoms with Crippen molar-refractivity contribution in [1.82, 2.24) is 40.4 Å². The monoisotopic (exact) mass is 798 g/mol. The molecule has 2 saturated heterocycles. The molecule has 2 aliphatic heterocycles. The van der Waals surface area contributed by atoms with E-state index in [-0.39, 0.29) is 35.7 Å². The second kappa shape index (κ2) is 17.7. The maximum atomic E-state index is 13.8. The Bertz CT molecular complexity index is 2360. The normalized spacial score (nSPS) is 17.0. The number of nitrogens with zero attached hydrogens (tertiary/aromatic N) is 4. The lowest BCUT2D eigenvalue weighted by molar-refractivity contribution is -0.137. The van der Waals surface area contributed by atoms with Gasteiger partial charge in [-0.05, 0) is 72.2 Å². The maximum Gasteiger partial charge on any atom is 0.250 e. The van der Waals surface area contributed by atoms with Crippen molar-refractivity contribution in [1.29, 1.82) is 0 Å². The van der Waals surface area contributed by atoms with Gasteiger partial charge in [0, 0.05) is 38.1 Å². The fourth-order valence-electron chi connectivity index (χ4n) is 8.15. The zero-order valence-electron chi connectivity index (χ0n) is 33.5. The van der Waals surface area contributed by atoms with E-state index in [4.69, 9.17) is 0 Å². The molecule has 6 aromatic rings. The van der Waals surface area contributed by atoms with E-state index < -0.39 is 12.1 Å². The van der Waals surface area contributed by atoms with Crippen molar-refractivity contribution in [2.75, 3.05) is 13.1 Å². The zero-order chi connectivity index (χ0) is 41.6. The first-order chi connectivity index (χ1) is 29.2. The lowest BCUT2D eigenvalue weighted by Crippen LogP contribution is -2.42. The molecule has 2 aliphatic rings. The van der Waals surface area contributed by atoms with Gasteiger partial charge in [0.1, 0.15) is 23.7 Å². The number of rotatable bonds is 10. The quantitative estimate of drug-likeness (QED) is 0.110. The standard InChI is InChI=1S/C48H46N8O4/c1-31(57)51-43(37-11-5-3-6-12-37)47(59)55-27-9-15-41(55)45-49-29-39(53-45)35-23-19-33(20-24-35)17-18-34-21-25-36(26-22-34)40-30-50-46(54-40)42-16-10-28-56(42)48(60)44(52-32(2)58)38-13-7-4-8-14-38/h3-8,11-14,19-26,29-30,41-44H,9-10,15-16,27-28H2,1-2H3,(H,49,53)(H,50,54)(H,51,57)(H,52,58)/t41?,42?,43-,44-/m1/s1. The molecule has 8 rings (SSSR count). The predicted molar refractivity (Wildman–Crippen MR) is 227 cm³/mol. The first-order valence-electron chi connectivity index (χ1n) is 20.3. The average Bonchev–Trinajstić information content (AvgIpc) is 4.12. The largest absolute Gasteiger partial charge is 0.341 e. The highest BCUT2D eigenvalue weighted by molar-refractivity contribution is 5.89. The molecular weight excluding hydrogens is 753 g/mol. The molecule has 0 spiro atoms. The summed E-state index contributed by atoms with van der Waals surface area (Å²) in [6.45, 7) is 4.02. The Kier molecular flexibility index (Phi) is 11.7. The zero-order valence-corrected chi connectivity index (χ0v) is 33.5. The van der Waals surface area contributed by atoms with Gasteiger partial charge in [-0.25, -0.2) is 9.97 Å². The Balaban J connectivity index is 0.902. The molecule has 12 nitrogen and oxygen atoms in total. The average molecular weight is 799 g/mol. The van der Waals surface area contributed by atoms with Crippen molar-refractivity contribution in [3.05, 3.63) is 155 Å². The number of benzene rings is 4. The number of imidazole rings is 2.